The Balaban J connectivity index is 2.41. The molecule has 1 fully saturated rings. The van der Waals surface area contributed by atoms with Crippen molar-refractivity contribution in [2.45, 2.75) is 38.8 Å². The minimum atomic E-state index is -1.62. The zero-order valence-corrected chi connectivity index (χ0v) is 16.9. The number of nitrogens with one attached hydrogen (secondary N) is 2. The lowest BCUT2D eigenvalue weighted by Gasteiger charge is -2.47. The number of piperazine rings is 1. The van der Waals surface area contributed by atoms with E-state index in [0.29, 0.717) is 31.8 Å². The number of benzene rings is 1. The predicted molar refractivity (Wildman–Crippen MR) is 104 cm³/mol. The summed E-state index contributed by atoms with van der Waals surface area (Å²) in [6, 6.07) is 7.54. The molecular formula is C20H31N3O5. The fraction of sp³-hybridized carbons (Fsp3) is 0.600. The number of hydroxylamine groups is 1. The summed E-state index contributed by atoms with van der Waals surface area (Å²) in [5.41, 5.74) is 1.68. The number of hydrogen-bond donors (Lipinski definition) is 4. The van der Waals surface area contributed by atoms with Crippen LogP contribution in [0.15, 0.2) is 24.3 Å². The summed E-state index contributed by atoms with van der Waals surface area (Å²) < 4.78 is 5.33. The zero-order valence-electron chi connectivity index (χ0n) is 16.9. The van der Waals surface area contributed by atoms with Gasteiger partial charge in [0.25, 0.3) is 5.91 Å². The lowest BCUT2D eigenvalue weighted by Crippen LogP contribution is -2.62. The SMILES string of the molecule is COc1cccc([C@]2(C)CNCCN2C(=O)[C@@H](CC(C)C)[C@H](O)C(=O)NO)c1. The molecule has 156 valence electrons. The summed E-state index contributed by atoms with van der Waals surface area (Å²) in [7, 11) is 1.59. The Morgan fingerprint density at radius 1 is 1.39 bits per heavy atom. The fourth-order valence-corrected chi connectivity index (χ4v) is 3.76. The van der Waals surface area contributed by atoms with Crippen molar-refractivity contribution in [3.05, 3.63) is 29.8 Å². The van der Waals surface area contributed by atoms with Crippen molar-refractivity contribution in [1.29, 1.82) is 0 Å². The van der Waals surface area contributed by atoms with E-state index in [1.165, 1.54) is 5.48 Å². The normalized spacial score (nSPS) is 21.9. The molecule has 0 spiro atoms. The highest BCUT2D eigenvalue weighted by atomic mass is 16.5. The zero-order chi connectivity index (χ0) is 20.9. The second-order valence-corrected chi connectivity index (χ2v) is 7.83. The molecule has 0 aliphatic carbocycles. The van der Waals surface area contributed by atoms with Crippen molar-refractivity contribution >= 4 is 11.8 Å². The van der Waals surface area contributed by atoms with Gasteiger partial charge in [-0.05, 0) is 37.0 Å². The van der Waals surface area contributed by atoms with Crippen LogP contribution in [0.3, 0.4) is 0 Å². The van der Waals surface area contributed by atoms with Crippen LogP contribution in [0.25, 0.3) is 0 Å². The number of ether oxygens (including phenoxy) is 1. The van der Waals surface area contributed by atoms with Crippen LogP contribution >= 0.6 is 0 Å². The molecule has 1 heterocycles. The predicted octanol–water partition coefficient (Wildman–Crippen LogP) is 0.871. The number of carbonyl (C=O) groups excluding carboxylic acids is 2. The van der Waals surface area contributed by atoms with Gasteiger partial charge in [0.05, 0.1) is 18.6 Å². The average molecular weight is 393 g/mol. The Morgan fingerprint density at radius 3 is 2.71 bits per heavy atom. The topological polar surface area (TPSA) is 111 Å². The van der Waals surface area contributed by atoms with Crippen molar-refractivity contribution in [1.82, 2.24) is 15.7 Å². The Kier molecular flexibility index (Phi) is 7.40. The maximum absolute atomic E-state index is 13.5. The molecule has 2 rings (SSSR count). The van der Waals surface area contributed by atoms with Gasteiger partial charge in [-0.15, -0.1) is 0 Å². The summed E-state index contributed by atoms with van der Waals surface area (Å²) in [6.07, 6.45) is -1.30. The number of hydrogen-bond acceptors (Lipinski definition) is 6. The number of carbonyl (C=O) groups is 2. The first-order chi connectivity index (χ1) is 13.2. The average Bonchev–Trinajstić information content (AvgIpc) is 2.70. The number of aliphatic hydroxyl groups excluding tert-OH is 1. The Morgan fingerprint density at radius 2 is 2.11 bits per heavy atom. The van der Waals surface area contributed by atoms with Crippen LogP contribution in [-0.4, -0.2) is 59.9 Å². The summed E-state index contributed by atoms with van der Waals surface area (Å²) in [5, 5.41) is 22.6. The molecule has 0 bridgehead atoms. The molecule has 4 N–H and O–H groups in total. The summed E-state index contributed by atoms with van der Waals surface area (Å²) in [4.78, 5) is 27.0. The van der Waals surface area contributed by atoms with Crippen LogP contribution < -0.4 is 15.5 Å². The van der Waals surface area contributed by atoms with Crippen LogP contribution in [0.1, 0.15) is 32.8 Å². The van der Waals surface area contributed by atoms with Crippen LogP contribution in [0.4, 0.5) is 0 Å². The van der Waals surface area contributed by atoms with Gasteiger partial charge >= 0.3 is 0 Å². The molecular weight excluding hydrogens is 362 g/mol. The summed E-state index contributed by atoms with van der Waals surface area (Å²) >= 11 is 0. The van der Waals surface area contributed by atoms with Gasteiger partial charge < -0.3 is 20.1 Å². The molecule has 1 aromatic carbocycles. The van der Waals surface area contributed by atoms with Crippen molar-refractivity contribution < 1.29 is 24.6 Å². The lowest BCUT2D eigenvalue weighted by atomic mass is 9.84. The first-order valence-corrected chi connectivity index (χ1v) is 9.53. The standard InChI is InChI=1S/C20H31N3O5/c1-13(2)10-16(17(24)18(25)22-27)19(26)23-9-8-21-12-20(23,3)14-6-5-7-15(11-14)28-4/h5-7,11,13,16-17,21,24,27H,8-10,12H2,1-4H3,(H,22,25)/t16-,17-,20-/m0/s1. The van der Waals surface area contributed by atoms with Gasteiger partial charge in [0.1, 0.15) is 11.9 Å². The minimum Gasteiger partial charge on any atom is -0.497 e. The molecule has 1 aliphatic heterocycles. The monoisotopic (exact) mass is 393 g/mol. The first-order valence-electron chi connectivity index (χ1n) is 9.53. The van der Waals surface area contributed by atoms with Crippen molar-refractivity contribution in [2.24, 2.45) is 11.8 Å². The Labute approximate surface area is 165 Å². The second kappa shape index (κ2) is 9.36. The molecule has 1 aliphatic rings. The maximum atomic E-state index is 13.5. The third-order valence-electron chi connectivity index (χ3n) is 5.34. The summed E-state index contributed by atoms with van der Waals surface area (Å²) in [6.45, 7) is 7.38. The third kappa shape index (κ3) is 4.63. The maximum Gasteiger partial charge on any atom is 0.272 e. The smallest absolute Gasteiger partial charge is 0.272 e. The molecule has 0 unspecified atom stereocenters. The fourth-order valence-electron chi connectivity index (χ4n) is 3.76. The number of rotatable bonds is 7. The van der Waals surface area contributed by atoms with E-state index in [1.54, 1.807) is 12.0 Å². The highest BCUT2D eigenvalue weighted by molar-refractivity contribution is 5.89. The van der Waals surface area contributed by atoms with Crippen molar-refractivity contribution in [2.75, 3.05) is 26.7 Å². The molecule has 1 saturated heterocycles. The van der Waals surface area contributed by atoms with Crippen LogP contribution in [0.2, 0.25) is 0 Å². The van der Waals surface area contributed by atoms with Gasteiger partial charge in [-0.3, -0.25) is 14.8 Å². The molecule has 1 aromatic rings. The molecule has 28 heavy (non-hydrogen) atoms. The van der Waals surface area contributed by atoms with E-state index in [4.69, 9.17) is 9.94 Å². The molecule has 8 heteroatoms. The highest BCUT2D eigenvalue weighted by Crippen LogP contribution is 2.34. The number of aliphatic hydroxyl groups is 1. The molecule has 0 aromatic heterocycles. The largest absolute Gasteiger partial charge is 0.497 e. The van der Waals surface area contributed by atoms with E-state index in [1.807, 2.05) is 45.0 Å². The van der Waals surface area contributed by atoms with E-state index in [2.05, 4.69) is 5.32 Å². The van der Waals surface area contributed by atoms with E-state index in [9.17, 15) is 14.7 Å². The number of nitrogens with zero attached hydrogens (tertiary/aromatic N) is 1. The van der Waals surface area contributed by atoms with Crippen LogP contribution in [0.5, 0.6) is 5.75 Å². The van der Waals surface area contributed by atoms with E-state index < -0.39 is 23.5 Å². The van der Waals surface area contributed by atoms with Gasteiger partial charge in [0.2, 0.25) is 5.91 Å². The molecule has 0 saturated carbocycles. The van der Waals surface area contributed by atoms with Gasteiger partial charge in [-0.1, -0.05) is 26.0 Å². The van der Waals surface area contributed by atoms with Crippen molar-refractivity contribution in [3.8, 4) is 5.75 Å². The molecule has 2 amide bonds. The second-order valence-electron chi connectivity index (χ2n) is 7.83. The van der Waals surface area contributed by atoms with Crippen molar-refractivity contribution in [3.63, 3.8) is 0 Å². The minimum absolute atomic E-state index is 0.0843. The van der Waals surface area contributed by atoms with Crippen LogP contribution in [-0.2, 0) is 15.1 Å². The summed E-state index contributed by atoms with van der Waals surface area (Å²) in [5.74, 6) is -1.46. The number of amides is 2. The van der Waals surface area contributed by atoms with E-state index >= 15 is 0 Å². The van der Waals surface area contributed by atoms with E-state index in [-0.39, 0.29) is 11.8 Å². The highest BCUT2D eigenvalue weighted by Gasteiger charge is 2.44. The van der Waals surface area contributed by atoms with Crippen LogP contribution in [0, 0.1) is 11.8 Å². The van der Waals surface area contributed by atoms with Gasteiger partial charge in [0.15, 0.2) is 0 Å². The Bertz CT molecular complexity index is 696. The molecule has 3 atom stereocenters. The Hall–Kier alpha value is -2.16. The number of methoxy groups -OCH3 is 1. The first kappa shape index (κ1) is 22.1. The van der Waals surface area contributed by atoms with E-state index in [0.717, 1.165) is 5.56 Å². The van der Waals surface area contributed by atoms with Gasteiger partial charge in [-0.2, -0.15) is 0 Å². The van der Waals surface area contributed by atoms with Gasteiger partial charge in [0, 0.05) is 19.6 Å². The third-order valence-corrected chi connectivity index (χ3v) is 5.34. The molecule has 8 nitrogen and oxygen atoms in total. The van der Waals surface area contributed by atoms with Gasteiger partial charge in [-0.25, -0.2) is 5.48 Å². The lowest BCUT2D eigenvalue weighted by molar-refractivity contribution is -0.155. The molecule has 0 radical (unpaired) electrons. The quantitative estimate of drug-likeness (QED) is 0.404.